The first-order valence-corrected chi connectivity index (χ1v) is 26.5. The molecule has 0 radical (unpaired) electrons. The van der Waals surface area contributed by atoms with Gasteiger partial charge in [-0.1, -0.05) is 194 Å². The van der Waals surface area contributed by atoms with Gasteiger partial charge in [0.05, 0.1) is 40.9 Å². The Morgan fingerprint density at radius 3 is 1.28 bits per heavy atom. The van der Waals surface area contributed by atoms with Gasteiger partial charge in [0, 0.05) is 12.8 Å². The van der Waals surface area contributed by atoms with Gasteiger partial charge in [0.1, 0.15) is 13.2 Å². The average molecular weight is 908 g/mol. The van der Waals surface area contributed by atoms with Crippen molar-refractivity contribution in [1.82, 2.24) is 0 Å². The molecule has 0 amide bonds. The lowest BCUT2D eigenvalue weighted by Crippen LogP contribution is -3.00. The Morgan fingerprint density at radius 2 is 0.885 bits per heavy atom. The van der Waals surface area contributed by atoms with E-state index in [9.17, 15) is 14.2 Å². The smallest absolute Gasteiger partial charge is 0.475 e. The Labute approximate surface area is 382 Å². The summed E-state index contributed by atoms with van der Waals surface area (Å²) in [5, 5.41) is 0. The minimum atomic E-state index is -4.05. The fourth-order valence-corrected chi connectivity index (χ4v) is 8.48. The molecule has 0 spiro atoms. The van der Waals surface area contributed by atoms with Crippen LogP contribution in [0.5, 0.6) is 0 Å². The summed E-state index contributed by atoms with van der Waals surface area (Å²) in [5.74, 6) is -0.750. The molecule has 0 bridgehead atoms. The van der Waals surface area contributed by atoms with Gasteiger partial charge in [-0.05, 0) is 25.7 Å². The first-order chi connectivity index (χ1) is 29.0. The van der Waals surface area contributed by atoms with Crippen LogP contribution in [-0.4, -0.2) is 83.2 Å². The number of halogens is 1. The average Bonchev–Trinajstić information content (AvgIpc) is 3.21. The zero-order valence-electron chi connectivity index (χ0n) is 40.3. The third-order valence-electron chi connectivity index (χ3n) is 11.0. The fraction of sp³-hybridized carbons (Fsp3) is 0.939. The lowest BCUT2D eigenvalue weighted by atomic mass is 10.0. The summed E-state index contributed by atoms with van der Waals surface area (Å²) in [5.41, 5.74) is 0. The van der Waals surface area contributed by atoms with Gasteiger partial charge in [-0.3, -0.25) is 23.2 Å². The monoisotopic (exact) mass is 907 g/mol. The molecule has 2 atom stereocenters. The number of phosphoric acid groups is 1. The molecular weight excluding hydrogens is 811 g/mol. The number of unbranched alkanes of at least 4 members (excludes halogenated alkanes) is 29. The van der Waals surface area contributed by atoms with Gasteiger partial charge < -0.3 is 31.2 Å². The van der Waals surface area contributed by atoms with Crippen molar-refractivity contribution in [1.29, 1.82) is 0 Å². The second-order valence-corrected chi connectivity index (χ2v) is 19.9. The SMILES string of the molecule is [C-]#[N+]CCOP(=O)(OCCCC[N+](C)(C)C)OCC(COC(=O)CCCCCCCCCCCCCCCCC)OC(=O)CCCCCCCCCCCCCCCCC.[Cl-]. The zero-order chi connectivity index (χ0) is 44.3. The second-order valence-electron chi connectivity index (χ2n) is 18.2. The van der Waals surface area contributed by atoms with Crippen LogP contribution in [0.3, 0.4) is 0 Å². The number of quaternary nitrogens is 1. The van der Waals surface area contributed by atoms with E-state index in [0.29, 0.717) is 12.8 Å². The fourth-order valence-electron chi connectivity index (χ4n) is 7.25. The maximum Gasteiger partial charge on any atom is 0.475 e. The molecule has 12 heteroatoms. The normalized spacial score (nSPS) is 13.0. The molecule has 0 fully saturated rings. The van der Waals surface area contributed by atoms with Crippen molar-refractivity contribution in [2.24, 2.45) is 0 Å². The van der Waals surface area contributed by atoms with Crippen LogP contribution in [0.15, 0.2) is 0 Å². The van der Waals surface area contributed by atoms with Crippen molar-refractivity contribution in [2.45, 2.75) is 238 Å². The van der Waals surface area contributed by atoms with Crippen LogP contribution >= 0.6 is 7.82 Å². The topological polar surface area (TPSA) is 102 Å². The van der Waals surface area contributed by atoms with Gasteiger partial charge in [-0.25, -0.2) is 11.1 Å². The van der Waals surface area contributed by atoms with E-state index in [2.05, 4.69) is 39.8 Å². The summed E-state index contributed by atoms with van der Waals surface area (Å²) in [6.07, 6.45) is 38.6. The third kappa shape index (κ3) is 46.6. The predicted octanol–water partition coefficient (Wildman–Crippen LogP) is 11.5. The van der Waals surface area contributed by atoms with Crippen molar-refractivity contribution in [3.63, 3.8) is 0 Å². The van der Waals surface area contributed by atoms with Gasteiger partial charge >= 0.3 is 19.8 Å². The standard InChI is InChI=1S/C49H96N2O8P.ClH/c1-7-9-11-13-15-17-19-21-23-25-27-29-31-33-35-39-48(52)55-45-47(46-58-60(54,57-44-41-50-3)56-43-38-37-42-51(4,5)6)59-49(53)40-36-34-32-30-28-26-24-22-20-18-16-14-12-10-8-2;/h47H,7-46H2,1-2,4-6H3;1H/q+1;/p-1. The molecule has 0 aromatic rings. The molecule has 0 heterocycles. The molecule has 0 saturated carbocycles. The highest BCUT2D eigenvalue weighted by Crippen LogP contribution is 2.49. The van der Waals surface area contributed by atoms with Crippen LogP contribution in [-0.2, 0) is 37.2 Å². The highest BCUT2D eigenvalue weighted by atomic mass is 35.5. The number of esters is 2. The molecule has 61 heavy (non-hydrogen) atoms. The highest BCUT2D eigenvalue weighted by Gasteiger charge is 2.30. The third-order valence-corrected chi connectivity index (χ3v) is 12.5. The van der Waals surface area contributed by atoms with Crippen molar-refractivity contribution < 1.29 is 54.1 Å². The van der Waals surface area contributed by atoms with Gasteiger partial charge in [-0.2, -0.15) is 0 Å². The predicted molar refractivity (Wildman–Crippen MR) is 249 cm³/mol. The van der Waals surface area contributed by atoms with Gasteiger partial charge in [0.25, 0.3) is 0 Å². The quantitative estimate of drug-likeness (QED) is 0.0196. The minimum absolute atomic E-state index is 0. The van der Waals surface area contributed by atoms with E-state index in [1.165, 1.54) is 154 Å². The van der Waals surface area contributed by atoms with Crippen LogP contribution in [0.2, 0.25) is 0 Å². The van der Waals surface area contributed by atoms with Crippen molar-refractivity contribution >= 4 is 19.8 Å². The lowest BCUT2D eigenvalue weighted by molar-refractivity contribution is -0.870. The number of hydrogen-bond acceptors (Lipinski definition) is 8. The molecule has 2 unspecified atom stereocenters. The summed E-state index contributed by atoms with van der Waals surface area (Å²) in [4.78, 5) is 28.9. The molecule has 0 aliphatic rings. The summed E-state index contributed by atoms with van der Waals surface area (Å²) < 4.78 is 42.4. The Bertz CT molecular complexity index is 1070. The number of phosphoric ester groups is 1. The molecular formula is C49H96ClN2O8P. The number of hydrogen-bond donors (Lipinski definition) is 0. The van der Waals surface area contributed by atoms with E-state index in [4.69, 9.17) is 29.6 Å². The molecule has 0 rings (SSSR count). The molecule has 362 valence electrons. The summed E-state index contributed by atoms with van der Waals surface area (Å²) >= 11 is 0. The van der Waals surface area contributed by atoms with Crippen molar-refractivity contribution in [3.05, 3.63) is 11.4 Å². The number of carbonyl (C=O) groups is 2. The van der Waals surface area contributed by atoms with Crippen LogP contribution in [0.25, 0.3) is 4.85 Å². The van der Waals surface area contributed by atoms with Gasteiger partial charge in [0.15, 0.2) is 6.10 Å². The largest absolute Gasteiger partial charge is 1.00 e. The molecule has 0 aliphatic heterocycles. The van der Waals surface area contributed by atoms with Crippen LogP contribution in [0, 0.1) is 6.57 Å². The molecule has 0 saturated heterocycles. The van der Waals surface area contributed by atoms with Crippen LogP contribution in [0.1, 0.15) is 232 Å². The van der Waals surface area contributed by atoms with Crippen molar-refractivity contribution in [2.75, 3.05) is 60.7 Å². The highest BCUT2D eigenvalue weighted by molar-refractivity contribution is 7.48. The van der Waals surface area contributed by atoms with E-state index in [0.717, 1.165) is 56.0 Å². The van der Waals surface area contributed by atoms with E-state index < -0.39 is 19.9 Å². The Morgan fingerprint density at radius 1 is 0.508 bits per heavy atom. The lowest BCUT2D eigenvalue weighted by Gasteiger charge is -2.24. The zero-order valence-corrected chi connectivity index (χ0v) is 42.0. The van der Waals surface area contributed by atoms with Gasteiger partial charge in [-0.15, -0.1) is 0 Å². The maximum absolute atomic E-state index is 13.6. The minimum Gasteiger partial charge on any atom is -1.00 e. The summed E-state index contributed by atoms with van der Waals surface area (Å²) in [6.45, 7) is 12.1. The molecule has 10 nitrogen and oxygen atoms in total. The van der Waals surface area contributed by atoms with E-state index >= 15 is 0 Å². The van der Waals surface area contributed by atoms with E-state index in [1.807, 2.05) is 0 Å². The first-order valence-electron chi connectivity index (χ1n) is 25.1. The Balaban J connectivity index is 0. The van der Waals surface area contributed by atoms with Crippen molar-refractivity contribution in [3.8, 4) is 0 Å². The summed E-state index contributed by atoms with van der Waals surface area (Å²) in [6, 6.07) is 0. The number of carbonyl (C=O) groups excluding carboxylic acids is 2. The van der Waals surface area contributed by atoms with E-state index in [1.54, 1.807) is 0 Å². The number of ether oxygens (including phenoxy) is 2. The molecule has 0 aromatic carbocycles. The van der Waals surface area contributed by atoms with E-state index in [-0.39, 0.29) is 57.8 Å². The number of nitrogens with zero attached hydrogens (tertiary/aromatic N) is 2. The van der Waals surface area contributed by atoms with Gasteiger partial charge in [0.2, 0.25) is 6.54 Å². The van der Waals surface area contributed by atoms with Crippen LogP contribution < -0.4 is 12.4 Å². The second kappa shape index (κ2) is 45.4. The number of rotatable bonds is 47. The first kappa shape index (κ1) is 61.9. The summed E-state index contributed by atoms with van der Waals surface area (Å²) in [7, 11) is 2.27. The Kier molecular flexibility index (Phi) is 46.0. The maximum atomic E-state index is 13.6. The molecule has 0 aliphatic carbocycles. The molecule has 0 N–H and O–H groups in total. The Hall–Kier alpha value is -1.21. The molecule has 0 aromatic heterocycles. The van der Waals surface area contributed by atoms with Crippen LogP contribution in [0.4, 0.5) is 0 Å².